The quantitative estimate of drug-likeness (QED) is 0.599. The fourth-order valence-electron chi connectivity index (χ4n) is 6.58. The molecule has 4 aliphatic carbocycles. The first kappa shape index (κ1) is 15.8. The summed E-state index contributed by atoms with van der Waals surface area (Å²) >= 11 is 1.79. The van der Waals surface area contributed by atoms with Gasteiger partial charge in [-0.3, -0.25) is 4.99 Å². The van der Waals surface area contributed by atoms with E-state index in [1.54, 1.807) is 16.9 Å². The predicted octanol–water partition coefficient (Wildman–Crippen LogP) is 6.01. The molecule has 0 saturated heterocycles. The average molecular weight is 350 g/mol. The van der Waals surface area contributed by atoms with Crippen molar-refractivity contribution < 1.29 is 0 Å². The Labute approximate surface area is 155 Å². The van der Waals surface area contributed by atoms with Gasteiger partial charge < -0.3 is 0 Å². The summed E-state index contributed by atoms with van der Waals surface area (Å²) in [6, 6.07) is 13.8. The number of aryl methyl sites for hydroxylation is 1. The predicted molar refractivity (Wildman–Crippen MR) is 107 cm³/mol. The van der Waals surface area contributed by atoms with Gasteiger partial charge >= 0.3 is 0 Å². The van der Waals surface area contributed by atoms with Crippen LogP contribution in [0.2, 0.25) is 0 Å². The van der Waals surface area contributed by atoms with E-state index in [2.05, 4.69) is 54.9 Å². The van der Waals surface area contributed by atoms with Gasteiger partial charge in [0.25, 0.3) is 0 Å². The normalized spacial score (nSPS) is 36.4. The lowest BCUT2D eigenvalue weighted by Gasteiger charge is -2.62. The van der Waals surface area contributed by atoms with Crippen molar-refractivity contribution in [1.29, 1.82) is 0 Å². The highest BCUT2D eigenvalue weighted by Crippen LogP contribution is 2.65. The van der Waals surface area contributed by atoms with Crippen LogP contribution in [0.25, 0.3) is 0 Å². The maximum absolute atomic E-state index is 4.93. The molecule has 0 radical (unpaired) electrons. The standard InChI is InChI=1S/C23H27NS/c1-17-4-6-20(7-5-17)23-12-18-9-19(13-23)11-22(10-18,15-23)16-24-14-21-3-2-8-25-21/h2-8,14,18-19H,9-13,15-16H2,1H3/t18-,19-,22?,23?/m1/s1. The van der Waals surface area contributed by atoms with Crippen LogP contribution in [0.5, 0.6) is 0 Å². The molecule has 1 nitrogen and oxygen atoms in total. The third kappa shape index (κ3) is 2.79. The third-order valence-electron chi connectivity index (χ3n) is 7.03. The first-order valence-electron chi connectivity index (χ1n) is 9.75. The van der Waals surface area contributed by atoms with Crippen molar-refractivity contribution >= 4 is 17.6 Å². The minimum Gasteiger partial charge on any atom is -0.291 e. The summed E-state index contributed by atoms with van der Waals surface area (Å²) in [7, 11) is 0. The van der Waals surface area contributed by atoms with Gasteiger partial charge in [-0.2, -0.15) is 0 Å². The van der Waals surface area contributed by atoms with Crippen LogP contribution < -0.4 is 0 Å². The molecule has 1 aromatic carbocycles. The van der Waals surface area contributed by atoms with Crippen molar-refractivity contribution in [2.75, 3.05) is 6.54 Å². The zero-order chi connectivity index (χ0) is 16.9. The van der Waals surface area contributed by atoms with Gasteiger partial charge in [-0.15, -0.1) is 11.3 Å². The van der Waals surface area contributed by atoms with Gasteiger partial charge in [0.15, 0.2) is 0 Å². The van der Waals surface area contributed by atoms with Crippen LogP contribution in [0.3, 0.4) is 0 Å². The highest BCUT2D eigenvalue weighted by atomic mass is 32.1. The van der Waals surface area contributed by atoms with Gasteiger partial charge in [0, 0.05) is 17.6 Å². The zero-order valence-corrected chi connectivity index (χ0v) is 15.9. The lowest BCUT2D eigenvalue weighted by atomic mass is 9.43. The molecule has 0 N–H and O–H groups in total. The maximum Gasteiger partial charge on any atom is 0.0448 e. The minimum atomic E-state index is 0.441. The minimum absolute atomic E-state index is 0.441. The summed E-state index contributed by atoms with van der Waals surface area (Å²) in [6.07, 6.45) is 10.6. The maximum atomic E-state index is 4.93. The van der Waals surface area contributed by atoms with Crippen molar-refractivity contribution in [1.82, 2.24) is 0 Å². The Balaban J connectivity index is 1.43. The fraction of sp³-hybridized carbons (Fsp3) is 0.522. The van der Waals surface area contributed by atoms with Crippen LogP contribution in [-0.2, 0) is 5.41 Å². The molecule has 0 aliphatic heterocycles. The Morgan fingerprint density at radius 3 is 2.52 bits per heavy atom. The summed E-state index contributed by atoms with van der Waals surface area (Å²) in [5, 5.41) is 2.14. The zero-order valence-electron chi connectivity index (χ0n) is 15.1. The molecule has 1 heterocycles. The van der Waals surface area contributed by atoms with Crippen LogP contribution in [-0.4, -0.2) is 12.8 Å². The van der Waals surface area contributed by atoms with E-state index in [-0.39, 0.29) is 0 Å². The van der Waals surface area contributed by atoms with Crippen LogP contribution in [0, 0.1) is 24.2 Å². The van der Waals surface area contributed by atoms with E-state index in [9.17, 15) is 0 Å². The van der Waals surface area contributed by atoms with Gasteiger partial charge in [0.2, 0.25) is 0 Å². The molecule has 6 rings (SSSR count). The van der Waals surface area contributed by atoms with Crippen LogP contribution in [0.15, 0.2) is 46.8 Å². The first-order valence-corrected chi connectivity index (χ1v) is 10.6. The first-order chi connectivity index (χ1) is 12.1. The lowest BCUT2D eigenvalue weighted by Crippen LogP contribution is -2.55. The molecular formula is C23H27NS. The fourth-order valence-corrected chi connectivity index (χ4v) is 7.18. The smallest absolute Gasteiger partial charge is 0.0448 e. The largest absolute Gasteiger partial charge is 0.291 e. The molecular weight excluding hydrogens is 322 g/mol. The van der Waals surface area contributed by atoms with Gasteiger partial charge in [-0.25, -0.2) is 0 Å². The number of rotatable bonds is 4. The lowest BCUT2D eigenvalue weighted by molar-refractivity contribution is -0.0663. The molecule has 2 heteroatoms. The molecule has 4 bridgehead atoms. The third-order valence-corrected chi connectivity index (χ3v) is 7.84. The van der Waals surface area contributed by atoms with Crippen molar-refractivity contribution in [3.8, 4) is 0 Å². The Hall–Kier alpha value is -1.41. The van der Waals surface area contributed by atoms with E-state index >= 15 is 0 Å². The van der Waals surface area contributed by atoms with E-state index in [0.717, 1.165) is 18.4 Å². The van der Waals surface area contributed by atoms with Crippen molar-refractivity contribution in [2.24, 2.45) is 22.2 Å². The highest BCUT2D eigenvalue weighted by Gasteiger charge is 2.57. The molecule has 25 heavy (non-hydrogen) atoms. The van der Waals surface area contributed by atoms with Crippen LogP contribution >= 0.6 is 11.3 Å². The van der Waals surface area contributed by atoms with Crippen LogP contribution in [0.1, 0.15) is 54.5 Å². The average Bonchev–Trinajstić information content (AvgIpc) is 3.07. The second-order valence-electron chi connectivity index (χ2n) is 9.09. The summed E-state index contributed by atoms with van der Waals surface area (Å²) < 4.78 is 0. The summed E-state index contributed by atoms with van der Waals surface area (Å²) in [6.45, 7) is 3.23. The van der Waals surface area contributed by atoms with E-state index in [1.807, 2.05) is 0 Å². The van der Waals surface area contributed by atoms with Gasteiger partial charge in [-0.05, 0) is 85.1 Å². The van der Waals surface area contributed by atoms with Gasteiger partial charge in [-0.1, -0.05) is 35.9 Å². The topological polar surface area (TPSA) is 12.4 Å². The Morgan fingerprint density at radius 1 is 1.08 bits per heavy atom. The number of hydrogen-bond acceptors (Lipinski definition) is 2. The van der Waals surface area contributed by atoms with Crippen molar-refractivity contribution in [2.45, 2.75) is 50.9 Å². The van der Waals surface area contributed by atoms with Gasteiger partial charge in [0.1, 0.15) is 0 Å². The highest BCUT2D eigenvalue weighted by molar-refractivity contribution is 7.11. The molecule has 4 aliphatic rings. The summed E-state index contributed by atoms with van der Waals surface area (Å²) in [5.41, 5.74) is 3.89. The SMILES string of the molecule is Cc1ccc(C23C[C@@H]4C[C@H](CC(CN=Cc5cccs5)(C4)C2)C3)cc1. The number of thiophene rings is 1. The van der Waals surface area contributed by atoms with E-state index in [1.165, 1.54) is 49.0 Å². The van der Waals surface area contributed by atoms with Crippen molar-refractivity contribution in [3.63, 3.8) is 0 Å². The molecule has 2 aromatic rings. The summed E-state index contributed by atoms with van der Waals surface area (Å²) in [4.78, 5) is 6.22. The van der Waals surface area contributed by atoms with E-state index in [0.29, 0.717) is 10.8 Å². The summed E-state index contributed by atoms with van der Waals surface area (Å²) in [5.74, 6) is 1.86. The number of benzene rings is 1. The van der Waals surface area contributed by atoms with Crippen molar-refractivity contribution in [3.05, 3.63) is 57.8 Å². The van der Waals surface area contributed by atoms with E-state index < -0.39 is 0 Å². The number of aliphatic imine (C=N–C) groups is 1. The molecule has 0 unspecified atom stereocenters. The second-order valence-corrected chi connectivity index (χ2v) is 10.1. The number of hydrogen-bond donors (Lipinski definition) is 0. The Kier molecular flexibility index (Phi) is 3.67. The molecule has 1 aromatic heterocycles. The van der Waals surface area contributed by atoms with Crippen LogP contribution in [0.4, 0.5) is 0 Å². The molecule has 0 amide bonds. The molecule has 0 spiro atoms. The number of nitrogens with zero attached hydrogens (tertiary/aromatic N) is 1. The second kappa shape index (κ2) is 5.81. The molecule has 4 fully saturated rings. The van der Waals surface area contributed by atoms with E-state index in [4.69, 9.17) is 4.99 Å². The van der Waals surface area contributed by atoms with Gasteiger partial charge in [0.05, 0.1) is 0 Å². The Bertz CT molecular complexity index is 757. The molecule has 130 valence electrons. The monoisotopic (exact) mass is 349 g/mol. The Morgan fingerprint density at radius 2 is 1.84 bits per heavy atom. The molecule has 2 atom stereocenters. The molecule has 4 saturated carbocycles.